The van der Waals surface area contributed by atoms with E-state index in [0.717, 1.165) is 37.3 Å². The van der Waals surface area contributed by atoms with Gasteiger partial charge in [0.15, 0.2) is 18.9 Å². The molecule has 4 aliphatic rings. The Labute approximate surface area is 577 Å². The molecule has 18 N–H and O–H groups in total. The number of aliphatic hydroxyl groups is 11. The minimum Gasteiger partial charge on any atom is -0.477 e. The van der Waals surface area contributed by atoms with Crippen molar-refractivity contribution in [3.63, 3.8) is 0 Å². The number of amides is 2. The van der Waals surface area contributed by atoms with Gasteiger partial charge in [-0.1, -0.05) is 50.8 Å². The van der Waals surface area contributed by atoms with Crippen molar-refractivity contribution in [3.05, 3.63) is 80.6 Å². The van der Waals surface area contributed by atoms with Crippen molar-refractivity contribution in [2.24, 2.45) is 5.92 Å². The first-order valence-electron chi connectivity index (χ1n) is 32.5. The Kier molecular flexibility index (Phi) is 27.5. The maximum Gasteiger partial charge on any atom is 0.364 e. The van der Waals surface area contributed by atoms with Gasteiger partial charge in [-0.15, -0.1) is 0 Å². The van der Waals surface area contributed by atoms with Gasteiger partial charge in [-0.25, -0.2) is 4.79 Å². The zero-order chi connectivity index (χ0) is 74.2. The zero-order valence-electron chi connectivity index (χ0n) is 54.8. The average molecular weight is 1480 g/mol. The summed E-state index contributed by atoms with van der Waals surface area (Å²) in [6.07, 6.45) is -29.5. The summed E-state index contributed by atoms with van der Waals surface area (Å²) in [6.45, 7) is 0.889. The number of aliphatic hydroxyl groups excluding tert-OH is 11. The van der Waals surface area contributed by atoms with Gasteiger partial charge in [-0.3, -0.25) is 33.1 Å². The van der Waals surface area contributed by atoms with Crippen LogP contribution in [0, 0.1) is 5.92 Å². The van der Waals surface area contributed by atoms with Gasteiger partial charge in [0, 0.05) is 67.3 Å². The molecule has 4 aromatic carbocycles. The lowest BCUT2D eigenvalue weighted by molar-refractivity contribution is -0.392. The van der Waals surface area contributed by atoms with Gasteiger partial charge in [0.05, 0.1) is 43.8 Å². The normalized spacial score (nSPS) is 30.9. The molecule has 0 aromatic heterocycles. The van der Waals surface area contributed by atoms with Crippen LogP contribution in [0.15, 0.2) is 74.0 Å². The highest BCUT2D eigenvalue weighted by Gasteiger charge is 2.60. The first kappa shape index (κ1) is 80.4. The first-order valence-corrected chi connectivity index (χ1v) is 35.3. The summed E-state index contributed by atoms with van der Waals surface area (Å²) in [7, 11) is -9.88. The number of nitrogens with one attached hydrogen (secondary N) is 4. The lowest BCUT2D eigenvalue weighted by Gasteiger charge is -2.51. The number of aliphatic carboxylic acids is 1. The predicted octanol–water partition coefficient (Wildman–Crippen LogP) is -2.64. The molecule has 19 unspecified atom stereocenters. The van der Waals surface area contributed by atoms with Crippen LogP contribution in [0.1, 0.15) is 95.3 Å². The van der Waals surface area contributed by atoms with E-state index in [1.165, 1.54) is 38.1 Å². The molecule has 21 atom stereocenters. The molecule has 4 fully saturated rings. The molecule has 0 saturated carbocycles. The van der Waals surface area contributed by atoms with Gasteiger partial charge in [-0.2, -0.15) is 16.8 Å². The number of carbonyl (C=O) groups excluding carboxylic acids is 3. The van der Waals surface area contributed by atoms with Crippen LogP contribution in [0.4, 0.5) is 22.7 Å². The molecule has 2 amide bonds. The second-order valence-corrected chi connectivity index (χ2v) is 28.0. The Morgan fingerprint density at radius 1 is 0.683 bits per heavy atom. The van der Waals surface area contributed by atoms with E-state index in [4.69, 9.17) is 37.9 Å². The third-order valence-corrected chi connectivity index (χ3v) is 19.9. The molecular formula is C63H86N4O32S2. The summed E-state index contributed by atoms with van der Waals surface area (Å²) in [5.41, 5.74) is -1.98. The lowest BCUT2D eigenvalue weighted by atomic mass is 9.84. The summed E-state index contributed by atoms with van der Waals surface area (Å²) in [5, 5.41) is 139. The van der Waals surface area contributed by atoms with E-state index in [1.807, 2.05) is 0 Å². The summed E-state index contributed by atoms with van der Waals surface area (Å²) in [6, 6.07) is 9.31. The van der Waals surface area contributed by atoms with Crippen molar-refractivity contribution in [3.8, 4) is 0 Å². The van der Waals surface area contributed by atoms with Crippen molar-refractivity contribution in [1.29, 1.82) is 0 Å². The standard InChI is InChI=1S/C63H86N4O32S2/c1-28-36(73)24-63(62(84)85,98-54(28)47(76)37(74)25-68)99-57-48(77)38(26-69)94-61(53(57)82)96-55-39(27-70)95-59(45(65-30(3)71)56(55)97-60-52(81)51(80)46(75)29(2)93-60)92-22-9-7-5-4-6-8-15-33(72)16-12-21-64-43-44(50(79)49(43)78)66-32-14-10-13-31(23-32)58(83)67-35-19-20-40(100(86,87)88)34-17-11-18-41(42(34)35)101(89,90)91/h10-11,13-14,17-20,23,28-29,36-39,45-48,51-57,59-61,64,66,68-70,73-77,80-82H,4-9,12,15-16,21-22,24-27H2,1-3H3,(H,65,71)(H,67,83)(H,84,85)(H,86,87,88)(H,89,90,91)/t28?,29?,36?,37-,38?,39?,45?,46?,47-,48?,51?,52?,53?,54?,55?,56?,57?,59?,60?,61?,63?/m1/s1. The summed E-state index contributed by atoms with van der Waals surface area (Å²) < 4.78 is 116. The molecule has 101 heavy (non-hydrogen) atoms. The number of ether oxygens (including phenoxy) is 8. The molecular weight excluding hydrogens is 1390 g/mol. The molecule has 38 heteroatoms. The van der Waals surface area contributed by atoms with Crippen molar-refractivity contribution < 1.29 is 144 Å². The smallest absolute Gasteiger partial charge is 0.364 e. The molecule has 4 saturated heterocycles. The van der Waals surface area contributed by atoms with Crippen LogP contribution in [0.3, 0.4) is 0 Å². The third-order valence-electron chi connectivity index (χ3n) is 18.0. The number of hydrogen-bond donors (Lipinski definition) is 18. The van der Waals surface area contributed by atoms with Crippen LogP contribution in [-0.4, -0.2) is 266 Å². The highest BCUT2D eigenvalue weighted by Crippen LogP contribution is 2.42. The number of carboxylic acids is 1. The number of hydrogen-bond acceptors (Lipinski definition) is 31. The monoisotopic (exact) mass is 1470 g/mol. The SMILES string of the molecule is CC(=O)NC1C(OCCCCCCCCC(=O)CCCNc2c(Nc3cccc(C(=O)Nc4ccc(S(=O)(=O)O)c5cccc(S(=O)(=O)O)c45)c3)c(=O)c2=O)OC(CO)C(OC2OC(CO)C(O)C(OC3(C(=O)O)CC(O)C(C)C([C@H](O)[C@H](O)CO)O3)C2O)C1OC1OC(C)C(O)C(O)C1O. The first-order chi connectivity index (χ1) is 47.7. The number of rotatable bonds is 34. The van der Waals surface area contributed by atoms with Crippen LogP contribution in [0.2, 0.25) is 0 Å². The molecule has 8 rings (SSSR count). The fraction of sp³-hybridized carbons (Fsp3) is 0.619. The number of fused-ring (bicyclic) bond motifs is 1. The molecule has 562 valence electrons. The molecule has 4 aliphatic heterocycles. The van der Waals surface area contributed by atoms with E-state index in [2.05, 4.69) is 21.3 Å². The molecule has 4 aromatic rings. The van der Waals surface area contributed by atoms with Crippen molar-refractivity contribution >= 4 is 77.3 Å². The third kappa shape index (κ3) is 18.8. The zero-order valence-corrected chi connectivity index (χ0v) is 56.4. The average Bonchev–Trinajstić information content (AvgIpc) is 0.767. The van der Waals surface area contributed by atoms with Gasteiger partial charge >= 0.3 is 5.97 Å². The number of carbonyl (C=O) groups is 4. The fourth-order valence-corrected chi connectivity index (χ4v) is 13.9. The van der Waals surface area contributed by atoms with Crippen LogP contribution in [0.5, 0.6) is 0 Å². The largest absolute Gasteiger partial charge is 0.477 e. The van der Waals surface area contributed by atoms with E-state index < -0.39 is 218 Å². The van der Waals surface area contributed by atoms with Crippen molar-refractivity contribution in [1.82, 2.24) is 5.32 Å². The maximum atomic E-state index is 13.5. The summed E-state index contributed by atoms with van der Waals surface area (Å²) >= 11 is 0. The van der Waals surface area contributed by atoms with E-state index in [9.17, 15) is 116 Å². The Morgan fingerprint density at radius 2 is 1.31 bits per heavy atom. The number of ketones is 1. The van der Waals surface area contributed by atoms with Gasteiger partial charge in [0.25, 0.3) is 42.8 Å². The second-order valence-electron chi connectivity index (χ2n) is 25.3. The molecule has 0 radical (unpaired) electrons. The van der Waals surface area contributed by atoms with Crippen LogP contribution < -0.4 is 32.1 Å². The highest BCUT2D eigenvalue weighted by atomic mass is 32.2. The van der Waals surface area contributed by atoms with Crippen LogP contribution >= 0.6 is 0 Å². The number of unbranched alkanes of at least 4 members (excludes halogenated alkanes) is 5. The number of Topliss-reactive ketones (excluding diaryl/α,β-unsaturated/α-hetero) is 1. The van der Waals surface area contributed by atoms with Gasteiger partial charge < -0.3 is 120 Å². The summed E-state index contributed by atoms with van der Waals surface area (Å²) in [4.78, 5) is 76.3. The fourth-order valence-electron chi connectivity index (χ4n) is 12.5. The second kappa shape index (κ2) is 34.6. The predicted molar refractivity (Wildman–Crippen MR) is 346 cm³/mol. The summed E-state index contributed by atoms with van der Waals surface area (Å²) in [5.74, 6) is -7.68. The van der Waals surface area contributed by atoms with Gasteiger partial charge in [-0.05, 0) is 62.6 Å². The minimum absolute atomic E-state index is 0.0426. The van der Waals surface area contributed by atoms with Crippen LogP contribution in [0.25, 0.3) is 10.8 Å². The number of benzene rings is 3. The lowest BCUT2D eigenvalue weighted by Crippen LogP contribution is -2.70. The quantitative estimate of drug-likeness (QED) is 0.0129. The Bertz CT molecular complexity index is 3840. The molecule has 0 aliphatic carbocycles. The van der Waals surface area contributed by atoms with Gasteiger partial charge in [0.2, 0.25) is 5.91 Å². The Morgan fingerprint density at radius 3 is 1.96 bits per heavy atom. The molecule has 0 spiro atoms. The topological polar surface area (TPSA) is 576 Å². The van der Waals surface area contributed by atoms with Crippen molar-refractivity contribution in [2.75, 3.05) is 48.9 Å². The van der Waals surface area contributed by atoms with Crippen molar-refractivity contribution in [2.45, 2.75) is 217 Å². The molecule has 0 bridgehead atoms. The number of anilines is 4. The van der Waals surface area contributed by atoms with E-state index in [-0.39, 0.29) is 65.5 Å². The minimum atomic E-state index is -4.99. The molecule has 4 heterocycles. The van der Waals surface area contributed by atoms with E-state index >= 15 is 0 Å². The van der Waals surface area contributed by atoms with Crippen LogP contribution in [-0.2, 0) is 72.5 Å². The van der Waals surface area contributed by atoms with E-state index in [0.29, 0.717) is 44.9 Å². The molecule has 36 nitrogen and oxygen atoms in total. The number of carboxylic acid groups (broad SMARTS) is 1. The maximum absolute atomic E-state index is 13.5. The Balaban J connectivity index is 0.827. The van der Waals surface area contributed by atoms with Gasteiger partial charge in [0.1, 0.15) is 106 Å². The van der Waals surface area contributed by atoms with E-state index in [1.54, 1.807) is 0 Å². The Hall–Kier alpha value is -6.26. The highest BCUT2D eigenvalue weighted by molar-refractivity contribution is 7.86.